The van der Waals surface area contributed by atoms with E-state index < -0.39 is 0 Å². The van der Waals surface area contributed by atoms with Crippen LogP contribution in [-0.2, 0) is 4.79 Å². The standard InChI is InChI=1S/C12H10Cl2OS/c1-9(15)16-5-3-2-4-10-6-11(13)8-12(14)7-10/h6-8H,3,5H2,1H3. The van der Waals surface area contributed by atoms with Gasteiger partial charge in [0, 0.05) is 34.7 Å². The van der Waals surface area contributed by atoms with Gasteiger partial charge in [-0.15, -0.1) is 0 Å². The van der Waals surface area contributed by atoms with E-state index in [9.17, 15) is 4.79 Å². The van der Waals surface area contributed by atoms with Crippen molar-refractivity contribution in [2.24, 2.45) is 0 Å². The van der Waals surface area contributed by atoms with E-state index in [1.54, 1.807) is 25.1 Å². The molecule has 0 amide bonds. The van der Waals surface area contributed by atoms with E-state index in [4.69, 9.17) is 23.2 Å². The summed E-state index contributed by atoms with van der Waals surface area (Å²) in [5.41, 5.74) is 0.797. The average Bonchev–Trinajstić information content (AvgIpc) is 2.15. The Morgan fingerprint density at radius 2 is 1.94 bits per heavy atom. The van der Waals surface area contributed by atoms with Crippen molar-refractivity contribution in [1.82, 2.24) is 0 Å². The molecule has 0 aliphatic carbocycles. The highest BCUT2D eigenvalue weighted by Crippen LogP contribution is 2.18. The Bertz CT molecular complexity index is 426. The minimum atomic E-state index is 0.118. The van der Waals surface area contributed by atoms with Gasteiger partial charge in [0.05, 0.1) is 0 Å². The number of hydrogen-bond donors (Lipinski definition) is 0. The molecule has 1 aromatic carbocycles. The van der Waals surface area contributed by atoms with Crippen LogP contribution in [0.3, 0.4) is 0 Å². The van der Waals surface area contributed by atoms with Gasteiger partial charge >= 0.3 is 0 Å². The predicted octanol–water partition coefficient (Wildman–Crippen LogP) is 4.01. The highest BCUT2D eigenvalue weighted by atomic mass is 35.5. The molecule has 0 atom stereocenters. The molecule has 0 aliphatic rings. The Morgan fingerprint density at radius 3 is 2.50 bits per heavy atom. The lowest BCUT2D eigenvalue weighted by Gasteiger charge is -1.94. The molecule has 0 unspecified atom stereocenters. The molecule has 16 heavy (non-hydrogen) atoms. The second-order valence-corrected chi connectivity index (χ2v) is 5.19. The molecule has 1 aromatic rings. The molecule has 0 bridgehead atoms. The van der Waals surface area contributed by atoms with Crippen LogP contribution in [0.4, 0.5) is 0 Å². The first-order valence-corrected chi connectivity index (χ1v) is 6.40. The molecule has 0 spiro atoms. The van der Waals surface area contributed by atoms with Crippen LogP contribution in [0.15, 0.2) is 18.2 Å². The third-order valence-electron chi connectivity index (χ3n) is 1.63. The Hall–Kier alpha value is -0.620. The topological polar surface area (TPSA) is 17.1 Å². The zero-order valence-corrected chi connectivity index (χ0v) is 11.0. The van der Waals surface area contributed by atoms with E-state index in [-0.39, 0.29) is 5.12 Å². The summed E-state index contributed by atoms with van der Waals surface area (Å²) in [5, 5.41) is 1.28. The maximum Gasteiger partial charge on any atom is 0.185 e. The van der Waals surface area contributed by atoms with Crippen LogP contribution in [0.2, 0.25) is 10.0 Å². The number of benzene rings is 1. The molecular weight excluding hydrogens is 263 g/mol. The SMILES string of the molecule is CC(=O)SCCC#Cc1cc(Cl)cc(Cl)c1. The molecule has 1 rings (SSSR count). The molecule has 0 saturated heterocycles. The summed E-state index contributed by atoms with van der Waals surface area (Å²) in [7, 11) is 0. The van der Waals surface area contributed by atoms with E-state index in [1.807, 2.05) is 0 Å². The molecule has 0 radical (unpaired) electrons. The van der Waals surface area contributed by atoms with Gasteiger partial charge in [0.2, 0.25) is 0 Å². The van der Waals surface area contributed by atoms with Crippen LogP contribution >= 0.6 is 35.0 Å². The van der Waals surface area contributed by atoms with E-state index in [0.717, 1.165) is 11.3 Å². The van der Waals surface area contributed by atoms with Gasteiger partial charge in [0.25, 0.3) is 0 Å². The zero-order valence-electron chi connectivity index (χ0n) is 8.72. The second-order valence-electron chi connectivity index (χ2n) is 3.05. The Kier molecular flexibility index (Phi) is 5.76. The van der Waals surface area contributed by atoms with E-state index in [1.165, 1.54) is 11.8 Å². The summed E-state index contributed by atoms with van der Waals surface area (Å²) in [6.07, 6.45) is 0.675. The monoisotopic (exact) mass is 272 g/mol. The maximum absolute atomic E-state index is 10.6. The number of carbonyl (C=O) groups is 1. The number of thioether (sulfide) groups is 1. The second kappa shape index (κ2) is 6.85. The number of rotatable bonds is 2. The van der Waals surface area contributed by atoms with Crippen molar-refractivity contribution >= 4 is 40.1 Å². The van der Waals surface area contributed by atoms with Crippen LogP contribution in [0, 0.1) is 11.8 Å². The van der Waals surface area contributed by atoms with Crippen molar-refractivity contribution in [2.75, 3.05) is 5.75 Å². The highest BCUT2D eigenvalue weighted by Gasteiger charge is 1.95. The van der Waals surface area contributed by atoms with Crippen molar-refractivity contribution in [3.63, 3.8) is 0 Å². The summed E-state index contributed by atoms with van der Waals surface area (Å²) < 4.78 is 0. The number of hydrogen-bond acceptors (Lipinski definition) is 2. The summed E-state index contributed by atoms with van der Waals surface area (Å²) in [6.45, 7) is 1.55. The zero-order chi connectivity index (χ0) is 12.0. The molecule has 1 nitrogen and oxygen atoms in total. The minimum absolute atomic E-state index is 0.118. The lowest BCUT2D eigenvalue weighted by Crippen LogP contribution is -1.84. The lowest BCUT2D eigenvalue weighted by molar-refractivity contribution is -0.109. The van der Waals surface area contributed by atoms with Crippen LogP contribution < -0.4 is 0 Å². The van der Waals surface area contributed by atoms with Gasteiger partial charge in [-0.25, -0.2) is 0 Å². The average molecular weight is 273 g/mol. The Labute approximate surface area is 110 Å². The Morgan fingerprint density at radius 1 is 1.31 bits per heavy atom. The molecule has 4 heteroatoms. The fraction of sp³-hybridized carbons (Fsp3) is 0.250. The number of halogens is 2. The molecule has 0 saturated carbocycles. The first-order chi connectivity index (χ1) is 7.58. The van der Waals surface area contributed by atoms with Gasteiger partial charge in [0.1, 0.15) is 0 Å². The van der Waals surface area contributed by atoms with Gasteiger partial charge in [-0.05, 0) is 18.2 Å². The molecule has 84 valence electrons. The molecule has 0 aliphatic heterocycles. The summed E-state index contributed by atoms with van der Waals surface area (Å²) in [6, 6.07) is 5.19. The van der Waals surface area contributed by atoms with Crippen molar-refractivity contribution in [2.45, 2.75) is 13.3 Å². The molecule has 0 aromatic heterocycles. The smallest absolute Gasteiger partial charge is 0.185 e. The third-order valence-corrected chi connectivity index (χ3v) is 2.88. The van der Waals surface area contributed by atoms with Crippen molar-refractivity contribution < 1.29 is 4.79 Å². The van der Waals surface area contributed by atoms with Gasteiger partial charge < -0.3 is 0 Å². The first kappa shape index (κ1) is 13.4. The minimum Gasteiger partial charge on any atom is -0.288 e. The maximum atomic E-state index is 10.6. The lowest BCUT2D eigenvalue weighted by atomic mass is 10.2. The summed E-state index contributed by atoms with van der Waals surface area (Å²) in [4.78, 5) is 10.6. The van der Waals surface area contributed by atoms with E-state index in [0.29, 0.717) is 16.5 Å². The normalized spacial score (nSPS) is 9.44. The van der Waals surface area contributed by atoms with Crippen molar-refractivity contribution in [1.29, 1.82) is 0 Å². The van der Waals surface area contributed by atoms with Crippen LogP contribution in [-0.4, -0.2) is 10.9 Å². The van der Waals surface area contributed by atoms with Gasteiger partial charge in [0.15, 0.2) is 5.12 Å². The third kappa shape index (κ3) is 5.46. The van der Waals surface area contributed by atoms with Gasteiger partial charge in [-0.2, -0.15) is 0 Å². The van der Waals surface area contributed by atoms with Crippen molar-refractivity contribution in [3.05, 3.63) is 33.8 Å². The molecule has 0 heterocycles. The summed E-state index contributed by atoms with van der Waals surface area (Å²) >= 11 is 12.9. The predicted molar refractivity (Wildman–Crippen MR) is 71.1 cm³/mol. The fourth-order valence-electron chi connectivity index (χ4n) is 1.04. The van der Waals surface area contributed by atoms with Crippen LogP contribution in [0.25, 0.3) is 0 Å². The van der Waals surface area contributed by atoms with Gasteiger partial charge in [-0.3, -0.25) is 4.79 Å². The van der Waals surface area contributed by atoms with Crippen molar-refractivity contribution in [3.8, 4) is 11.8 Å². The fourth-order valence-corrected chi connectivity index (χ4v) is 2.05. The molecule has 0 fully saturated rings. The quantitative estimate of drug-likeness (QED) is 0.598. The van der Waals surface area contributed by atoms with Crippen LogP contribution in [0.1, 0.15) is 18.9 Å². The Balaban J connectivity index is 2.53. The van der Waals surface area contributed by atoms with Crippen LogP contribution in [0.5, 0.6) is 0 Å². The van der Waals surface area contributed by atoms with Gasteiger partial charge in [-0.1, -0.05) is 46.8 Å². The first-order valence-electron chi connectivity index (χ1n) is 4.66. The molecular formula is C12H10Cl2OS. The van der Waals surface area contributed by atoms with E-state index >= 15 is 0 Å². The van der Waals surface area contributed by atoms with E-state index in [2.05, 4.69) is 11.8 Å². The highest BCUT2D eigenvalue weighted by molar-refractivity contribution is 8.13. The molecule has 0 N–H and O–H groups in total. The summed E-state index contributed by atoms with van der Waals surface area (Å²) in [5.74, 6) is 6.65. The largest absolute Gasteiger partial charge is 0.288 e. The number of carbonyl (C=O) groups excluding carboxylic acids is 1.